The summed E-state index contributed by atoms with van der Waals surface area (Å²) in [6.45, 7) is 4.60. The average molecular weight is 132 g/mol. The first-order chi connectivity index (χ1) is 4.33. The fraction of sp³-hybridized carbons (Fsp3) is 0.889. The second-order valence-electron chi connectivity index (χ2n) is 3.30. The quantitative estimate of drug-likeness (QED) is 0.367. The van der Waals surface area contributed by atoms with Gasteiger partial charge in [-0.05, 0) is 0 Å². The fourth-order valence-corrected chi connectivity index (χ4v) is 1.75. The smallest absolute Gasteiger partial charge is 0.323 e. The minimum atomic E-state index is 0. The van der Waals surface area contributed by atoms with Crippen LogP contribution in [0.25, 0.3) is 0 Å². The molecule has 0 aromatic heterocycles. The van der Waals surface area contributed by atoms with Crippen molar-refractivity contribution in [2.24, 2.45) is 11.8 Å². The van der Waals surface area contributed by atoms with Crippen LogP contribution in [0.3, 0.4) is 0 Å². The molecule has 0 bridgehead atoms. The second kappa shape index (κ2) is 5.27. The summed E-state index contributed by atoms with van der Waals surface area (Å²) in [5.74, 6) is 1.87. The maximum absolute atomic E-state index is 2.53. The zero-order valence-electron chi connectivity index (χ0n) is 7.56. The number of hydrogen-bond acceptors (Lipinski definition) is 0. The van der Waals surface area contributed by atoms with E-state index in [-0.39, 0.29) is 18.9 Å². The van der Waals surface area contributed by atoms with Gasteiger partial charge in [0.1, 0.15) is 0 Å². The Balaban J connectivity index is 0.000000810. The SMILES string of the molecule is CCCC1[CH-]C(C)CC1.[Li+]. The average Bonchev–Trinajstić information content (AvgIpc) is 2.17. The van der Waals surface area contributed by atoms with Crippen LogP contribution >= 0.6 is 0 Å². The molecular formula is C9H17Li. The van der Waals surface area contributed by atoms with Gasteiger partial charge < -0.3 is 6.42 Å². The molecule has 10 heavy (non-hydrogen) atoms. The van der Waals surface area contributed by atoms with Crippen molar-refractivity contribution in [2.75, 3.05) is 0 Å². The summed E-state index contributed by atoms with van der Waals surface area (Å²) < 4.78 is 0. The van der Waals surface area contributed by atoms with Crippen LogP contribution in [0.1, 0.15) is 39.5 Å². The third-order valence-electron chi connectivity index (χ3n) is 2.25. The van der Waals surface area contributed by atoms with Crippen molar-refractivity contribution in [3.8, 4) is 0 Å². The molecule has 1 aliphatic rings. The second-order valence-corrected chi connectivity index (χ2v) is 3.30. The minimum absolute atomic E-state index is 0. The molecule has 1 rings (SSSR count). The molecule has 0 aromatic rings. The molecule has 0 N–H and O–H groups in total. The minimum Gasteiger partial charge on any atom is -0.323 e. The Labute approximate surface area is 77.0 Å². The van der Waals surface area contributed by atoms with Crippen molar-refractivity contribution >= 4 is 0 Å². The van der Waals surface area contributed by atoms with Crippen LogP contribution in [0.5, 0.6) is 0 Å². The Bertz CT molecular complexity index is 78.8. The zero-order valence-corrected chi connectivity index (χ0v) is 7.56. The van der Waals surface area contributed by atoms with E-state index in [2.05, 4.69) is 20.3 Å². The predicted molar refractivity (Wildman–Crippen MR) is 41.1 cm³/mol. The monoisotopic (exact) mass is 132 g/mol. The molecule has 2 atom stereocenters. The summed E-state index contributed by atoms with van der Waals surface area (Å²) in [4.78, 5) is 0. The van der Waals surface area contributed by atoms with Crippen molar-refractivity contribution in [3.05, 3.63) is 6.42 Å². The van der Waals surface area contributed by atoms with E-state index in [1.54, 1.807) is 0 Å². The largest absolute Gasteiger partial charge is 1.00 e. The van der Waals surface area contributed by atoms with Gasteiger partial charge in [-0.3, -0.25) is 0 Å². The molecule has 0 radical (unpaired) electrons. The first-order valence-electron chi connectivity index (χ1n) is 4.18. The first-order valence-corrected chi connectivity index (χ1v) is 4.18. The number of rotatable bonds is 2. The van der Waals surface area contributed by atoms with E-state index in [0.717, 1.165) is 11.8 Å². The molecule has 1 saturated carbocycles. The maximum Gasteiger partial charge on any atom is 1.00 e. The summed E-state index contributed by atoms with van der Waals surface area (Å²) >= 11 is 0. The molecule has 0 saturated heterocycles. The Morgan fingerprint density at radius 3 is 2.50 bits per heavy atom. The molecule has 1 aliphatic carbocycles. The molecule has 54 valence electrons. The van der Waals surface area contributed by atoms with Crippen LogP contribution < -0.4 is 18.9 Å². The standard InChI is InChI=1S/C9H17.Li/c1-3-4-9-6-5-8(2)7-9;/h7-9H,3-6H2,1-2H3;/q-1;+1. The van der Waals surface area contributed by atoms with Gasteiger partial charge in [0.2, 0.25) is 0 Å². The predicted octanol–water partition coefficient (Wildman–Crippen LogP) is 0.0409. The third-order valence-corrected chi connectivity index (χ3v) is 2.25. The Kier molecular flexibility index (Phi) is 5.59. The van der Waals surface area contributed by atoms with Crippen LogP contribution in [0.2, 0.25) is 0 Å². The van der Waals surface area contributed by atoms with Crippen LogP contribution in [0, 0.1) is 18.3 Å². The molecule has 1 heteroatoms. The van der Waals surface area contributed by atoms with Gasteiger partial charge in [0.05, 0.1) is 0 Å². The normalized spacial score (nSPS) is 31.8. The molecule has 0 aromatic carbocycles. The molecule has 1 fully saturated rings. The van der Waals surface area contributed by atoms with Gasteiger partial charge in [-0.2, -0.15) is 11.8 Å². The maximum atomic E-state index is 2.53. The van der Waals surface area contributed by atoms with E-state index >= 15 is 0 Å². The van der Waals surface area contributed by atoms with Crippen LogP contribution in [-0.2, 0) is 0 Å². The third kappa shape index (κ3) is 3.13. The topological polar surface area (TPSA) is 0 Å². The Morgan fingerprint density at radius 2 is 2.10 bits per heavy atom. The van der Waals surface area contributed by atoms with E-state index < -0.39 is 0 Å². The van der Waals surface area contributed by atoms with Gasteiger partial charge >= 0.3 is 18.9 Å². The van der Waals surface area contributed by atoms with E-state index in [1.807, 2.05) is 0 Å². The Hall–Kier alpha value is 0.597. The zero-order chi connectivity index (χ0) is 6.69. The van der Waals surface area contributed by atoms with Crippen LogP contribution in [0.15, 0.2) is 0 Å². The van der Waals surface area contributed by atoms with E-state index in [0.29, 0.717) is 0 Å². The van der Waals surface area contributed by atoms with Crippen LogP contribution in [0.4, 0.5) is 0 Å². The van der Waals surface area contributed by atoms with Crippen molar-refractivity contribution in [1.29, 1.82) is 0 Å². The molecular weight excluding hydrogens is 115 g/mol. The first kappa shape index (κ1) is 10.6. The molecule has 2 unspecified atom stereocenters. The summed E-state index contributed by atoms with van der Waals surface area (Å²) in [6, 6.07) is 0. The Morgan fingerprint density at radius 1 is 1.40 bits per heavy atom. The van der Waals surface area contributed by atoms with Gasteiger partial charge in [-0.15, -0.1) is 0 Å². The van der Waals surface area contributed by atoms with Crippen molar-refractivity contribution < 1.29 is 18.9 Å². The van der Waals surface area contributed by atoms with Gasteiger partial charge in [0.15, 0.2) is 0 Å². The van der Waals surface area contributed by atoms with Crippen molar-refractivity contribution in [1.82, 2.24) is 0 Å². The van der Waals surface area contributed by atoms with E-state index in [9.17, 15) is 0 Å². The summed E-state index contributed by atoms with van der Waals surface area (Å²) in [5, 5.41) is 0. The molecule has 0 spiro atoms. The van der Waals surface area contributed by atoms with E-state index in [4.69, 9.17) is 0 Å². The van der Waals surface area contributed by atoms with Gasteiger partial charge in [-0.1, -0.05) is 39.5 Å². The molecule has 0 nitrogen and oxygen atoms in total. The van der Waals surface area contributed by atoms with Crippen molar-refractivity contribution in [3.63, 3.8) is 0 Å². The van der Waals surface area contributed by atoms with E-state index in [1.165, 1.54) is 25.7 Å². The molecule has 0 heterocycles. The fourth-order valence-electron chi connectivity index (χ4n) is 1.75. The molecule has 0 amide bonds. The molecule has 0 aliphatic heterocycles. The summed E-state index contributed by atoms with van der Waals surface area (Å²) in [5.41, 5.74) is 0. The number of hydrogen-bond donors (Lipinski definition) is 0. The summed E-state index contributed by atoms with van der Waals surface area (Å²) in [7, 11) is 0. The van der Waals surface area contributed by atoms with Crippen LogP contribution in [-0.4, -0.2) is 0 Å². The summed E-state index contributed by atoms with van der Waals surface area (Å²) in [6.07, 6.45) is 8.20. The van der Waals surface area contributed by atoms with Gasteiger partial charge in [0.25, 0.3) is 0 Å². The van der Waals surface area contributed by atoms with Gasteiger partial charge in [0, 0.05) is 0 Å². The van der Waals surface area contributed by atoms with Crippen molar-refractivity contribution in [2.45, 2.75) is 39.5 Å². The van der Waals surface area contributed by atoms with Gasteiger partial charge in [-0.25, -0.2) is 0 Å².